The molecule has 3 aromatic rings. The van der Waals surface area contributed by atoms with E-state index in [4.69, 9.17) is 18.6 Å². The van der Waals surface area contributed by atoms with Crippen molar-refractivity contribution in [3.63, 3.8) is 0 Å². The van der Waals surface area contributed by atoms with Crippen molar-refractivity contribution in [1.29, 1.82) is 0 Å². The van der Waals surface area contributed by atoms with Gasteiger partial charge in [-0.2, -0.15) is 0 Å². The monoisotopic (exact) mass is 737 g/mol. The molecular formula is C40H55Cl2N2Si2Ti-. The van der Waals surface area contributed by atoms with Gasteiger partial charge < -0.3 is 17.0 Å². The molecule has 47 heavy (non-hydrogen) atoms. The Morgan fingerprint density at radius 3 is 2.06 bits per heavy atom. The molecule has 3 aliphatic rings. The third-order valence-electron chi connectivity index (χ3n) is 10.1. The second-order valence-corrected chi connectivity index (χ2v) is 25.5. The van der Waals surface area contributed by atoms with E-state index in [1.807, 2.05) is 0 Å². The Kier molecular flexibility index (Phi) is 14.5. The van der Waals surface area contributed by atoms with E-state index in [0.717, 1.165) is 24.2 Å². The molecule has 1 N–H and O–H groups in total. The normalized spacial score (nSPS) is 19.3. The van der Waals surface area contributed by atoms with Crippen molar-refractivity contribution in [2.24, 2.45) is 17.8 Å². The Balaban J connectivity index is 0.000000232. The van der Waals surface area contributed by atoms with E-state index >= 15 is 0 Å². The quantitative estimate of drug-likeness (QED) is 0.200. The number of nitrogens with one attached hydrogen (secondary N) is 1. The molecule has 252 valence electrons. The standard InChI is InChI=1S/C20H29NSi.C19H23NSi.CH3.2ClH.Ti/c1-15-9-11-18(12-10-15)21(3)22(4,5)20-8-6-7-17-13-16(2)14-19(17)20;1-14-8-10-17(11-9-14)20-21(3,4)19-7-5-6-16-12-15(2)13-18(16)19;;;;/h6-12,16-17,19H,13-14H2,1-5H3;5-12,20H,13H2,1-4H3;1H3;2*1H;/q;;-1;;;+2/p-2. The molecule has 0 saturated heterocycles. The number of benzene rings is 3. The number of aryl methyl sites for hydroxylation is 2. The van der Waals surface area contributed by atoms with Gasteiger partial charge >= 0.3 is 35.6 Å². The first-order valence-corrected chi connectivity index (χ1v) is 26.8. The second kappa shape index (κ2) is 17.2. The molecule has 7 heteroatoms. The van der Waals surface area contributed by atoms with E-state index < -0.39 is 33.5 Å². The van der Waals surface area contributed by atoms with Crippen molar-refractivity contribution >= 4 is 57.7 Å². The predicted octanol–water partition coefficient (Wildman–Crippen LogP) is 11.6. The van der Waals surface area contributed by atoms with Crippen LogP contribution in [-0.2, 0) is 23.5 Å². The summed E-state index contributed by atoms with van der Waals surface area (Å²) >= 11 is -0.556. The summed E-state index contributed by atoms with van der Waals surface area (Å²) in [5.74, 6) is 2.44. The van der Waals surface area contributed by atoms with E-state index in [0.29, 0.717) is 0 Å². The summed E-state index contributed by atoms with van der Waals surface area (Å²) in [6, 6.07) is 24.5. The average Bonchev–Trinajstić information content (AvgIpc) is 3.59. The average molecular weight is 739 g/mol. The van der Waals surface area contributed by atoms with Crippen molar-refractivity contribution in [3.8, 4) is 0 Å². The topological polar surface area (TPSA) is 15.3 Å². The summed E-state index contributed by atoms with van der Waals surface area (Å²) in [4.78, 5) is 3.82. The number of hydrogen-bond donors (Lipinski definition) is 1. The summed E-state index contributed by atoms with van der Waals surface area (Å²) < 4.78 is 2.58. The van der Waals surface area contributed by atoms with Gasteiger partial charge in [-0.3, -0.25) is 0 Å². The van der Waals surface area contributed by atoms with E-state index in [1.165, 1.54) is 57.2 Å². The fourth-order valence-electron chi connectivity index (χ4n) is 7.45. The number of fused-ring (bicyclic) bond motifs is 2. The third-order valence-corrected chi connectivity index (χ3v) is 16.7. The number of hydrogen-bond acceptors (Lipinski definition) is 2. The second-order valence-electron chi connectivity index (χ2n) is 14.5. The third kappa shape index (κ3) is 9.90. The van der Waals surface area contributed by atoms with Crippen LogP contribution in [-0.4, -0.2) is 23.5 Å². The van der Waals surface area contributed by atoms with Crippen LogP contribution in [0.1, 0.15) is 48.9 Å². The van der Waals surface area contributed by atoms with E-state index in [9.17, 15) is 0 Å². The molecule has 6 rings (SSSR count). The van der Waals surface area contributed by atoms with Gasteiger partial charge in [-0.15, -0.1) is 0 Å². The van der Waals surface area contributed by atoms with Gasteiger partial charge in [0.1, 0.15) is 0 Å². The molecule has 2 nitrogen and oxygen atoms in total. The molecule has 0 spiro atoms. The van der Waals surface area contributed by atoms with E-state index in [2.05, 4.69) is 162 Å². The van der Waals surface area contributed by atoms with Gasteiger partial charge in [0.15, 0.2) is 16.5 Å². The zero-order valence-electron chi connectivity index (χ0n) is 30.2. The first kappa shape index (κ1) is 39.6. The van der Waals surface area contributed by atoms with Crippen LogP contribution in [0.15, 0.2) is 95.7 Å². The number of rotatable bonds is 6. The van der Waals surface area contributed by atoms with Crippen molar-refractivity contribution in [2.75, 3.05) is 16.6 Å². The zero-order valence-corrected chi connectivity index (χ0v) is 35.3. The fraction of sp³-hybridized carbons (Fsp3) is 0.375. The van der Waals surface area contributed by atoms with Gasteiger partial charge in [0.25, 0.3) is 0 Å². The molecule has 0 bridgehead atoms. The molecule has 1 saturated carbocycles. The van der Waals surface area contributed by atoms with E-state index in [-0.39, 0.29) is 7.43 Å². The molecule has 3 aromatic carbocycles. The van der Waals surface area contributed by atoms with Crippen molar-refractivity contribution < 1.29 is 17.0 Å². The van der Waals surface area contributed by atoms with Gasteiger partial charge in [-0.1, -0.05) is 95.6 Å². The Morgan fingerprint density at radius 1 is 0.851 bits per heavy atom. The Bertz CT molecular complexity index is 1560. The summed E-state index contributed by atoms with van der Waals surface area (Å²) in [6.45, 7) is 18.8. The van der Waals surface area contributed by atoms with Crippen LogP contribution < -0.4 is 14.7 Å². The molecule has 0 heterocycles. The Morgan fingerprint density at radius 2 is 1.45 bits per heavy atom. The summed E-state index contributed by atoms with van der Waals surface area (Å²) in [7, 11) is 8.73. The van der Waals surface area contributed by atoms with Crippen molar-refractivity contribution in [1.82, 2.24) is 0 Å². The predicted molar refractivity (Wildman–Crippen MR) is 213 cm³/mol. The van der Waals surface area contributed by atoms with Crippen LogP contribution in [0, 0.1) is 39.0 Å². The maximum atomic E-state index is 4.89. The molecular weight excluding hydrogens is 683 g/mol. The zero-order chi connectivity index (χ0) is 33.6. The number of halogens is 2. The van der Waals surface area contributed by atoms with Crippen LogP contribution >= 0.6 is 18.6 Å². The van der Waals surface area contributed by atoms with Crippen LogP contribution in [0.2, 0.25) is 26.2 Å². The van der Waals surface area contributed by atoms with Crippen molar-refractivity contribution in [2.45, 2.75) is 73.1 Å². The number of anilines is 2. The van der Waals surface area contributed by atoms with Gasteiger partial charge in [0.05, 0.1) is 0 Å². The van der Waals surface area contributed by atoms with Crippen molar-refractivity contribution in [3.05, 3.63) is 125 Å². The molecule has 3 unspecified atom stereocenters. The molecule has 3 aliphatic carbocycles. The Hall–Kier alpha value is -1.79. The summed E-state index contributed by atoms with van der Waals surface area (Å²) in [5, 5.41) is 3.28. The van der Waals surface area contributed by atoms with Gasteiger partial charge in [-0.05, 0) is 132 Å². The Labute approximate surface area is 305 Å². The molecule has 0 aromatic heterocycles. The van der Waals surface area contributed by atoms with Gasteiger partial charge in [0, 0.05) is 11.4 Å². The summed E-state index contributed by atoms with van der Waals surface area (Å²) in [5.41, 5.74) is 9.65. The van der Waals surface area contributed by atoms with Gasteiger partial charge in [0.2, 0.25) is 0 Å². The molecule has 3 atom stereocenters. The summed E-state index contributed by atoms with van der Waals surface area (Å²) in [6.07, 6.45) is 13.4. The first-order valence-electron chi connectivity index (χ1n) is 16.6. The fourth-order valence-corrected chi connectivity index (χ4v) is 12.9. The number of allylic oxidation sites excluding steroid dienone is 5. The van der Waals surface area contributed by atoms with Gasteiger partial charge in [-0.25, -0.2) is 0 Å². The molecule has 0 radical (unpaired) electrons. The molecule has 0 amide bonds. The number of nitrogens with zero attached hydrogens (tertiary/aromatic N) is 1. The van der Waals surface area contributed by atoms with Crippen LogP contribution in [0.4, 0.5) is 11.4 Å². The first-order chi connectivity index (χ1) is 21.8. The van der Waals surface area contributed by atoms with E-state index in [1.54, 1.807) is 5.20 Å². The maximum absolute atomic E-state index is 4.89. The van der Waals surface area contributed by atoms with Crippen LogP contribution in [0.5, 0.6) is 0 Å². The molecule has 1 fully saturated rings. The van der Waals surface area contributed by atoms with Crippen LogP contribution in [0.25, 0.3) is 6.08 Å². The minimum atomic E-state index is -1.71. The minimum absolute atomic E-state index is 0. The molecule has 0 aliphatic heterocycles. The SMILES string of the molecule is CC1=Cc2cccc([Si](C)(C)Nc3ccc(C)cc3)c2C1.Cc1ccc(N(C)[Si](C)(C)C2=CC=CC3CC(C)CC23)cc1.[CH3-].[Cl][Ti][Cl]. The van der Waals surface area contributed by atoms with Crippen LogP contribution in [0.3, 0.4) is 0 Å².